The average molecular weight is 273 g/mol. The van der Waals surface area contributed by atoms with Gasteiger partial charge in [0.1, 0.15) is 6.54 Å². The Bertz CT molecular complexity index is 395. The summed E-state index contributed by atoms with van der Waals surface area (Å²) in [6, 6.07) is 1.92. The average Bonchev–Trinajstić information content (AvgIpc) is 2.45. The summed E-state index contributed by atoms with van der Waals surface area (Å²) < 4.78 is 1.73. The van der Waals surface area contributed by atoms with Crippen LogP contribution in [0.3, 0.4) is 0 Å². The topological polar surface area (TPSA) is 110 Å². The summed E-state index contributed by atoms with van der Waals surface area (Å²) in [7, 11) is 0. The van der Waals surface area contributed by atoms with Crippen molar-refractivity contribution >= 4 is 27.8 Å². The standard InChI is InChI=1S/C7H9BrN6O/c8-6-12-7(10)13-14(6)4-5(15)11-3-1-2-9/h1,3-4H2,(H2,10,13)(H,11,15). The van der Waals surface area contributed by atoms with Crippen molar-refractivity contribution in [2.75, 3.05) is 12.3 Å². The molecule has 0 fully saturated rings. The maximum atomic E-state index is 11.3. The van der Waals surface area contributed by atoms with Crippen LogP contribution in [0.15, 0.2) is 4.73 Å². The first kappa shape index (κ1) is 11.5. The molecule has 15 heavy (non-hydrogen) atoms. The largest absolute Gasteiger partial charge is 0.366 e. The molecule has 0 bridgehead atoms. The predicted octanol–water partition coefficient (Wildman–Crippen LogP) is -0.347. The van der Waals surface area contributed by atoms with E-state index in [1.54, 1.807) is 0 Å². The molecule has 8 heteroatoms. The summed E-state index contributed by atoms with van der Waals surface area (Å²) in [6.07, 6.45) is 0.284. The van der Waals surface area contributed by atoms with Gasteiger partial charge in [-0.25, -0.2) is 4.68 Å². The lowest BCUT2D eigenvalue weighted by Crippen LogP contribution is -2.28. The normalized spacial score (nSPS) is 9.60. The maximum absolute atomic E-state index is 11.3. The highest BCUT2D eigenvalue weighted by atomic mass is 79.9. The lowest BCUT2D eigenvalue weighted by molar-refractivity contribution is -0.121. The summed E-state index contributed by atoms with van der Waals surface area (Å²) in [5.74, 6) is -0.137. The monoisotopic (exact) mass is 272 g/mol. The number of nitrogen functional groups attached to an aromatic ring is 1. The zero-order valence-electron chi connectivity index (χ0n) is 7.77. The molecule has 0 radical (unpaired) electrons. The third-order valence-corrected chi connectivity index (χ3v) is 2.08. The minimum Gasteiger partial charge on any atom is -0.366 e. The zero-order valence-corrected chi connectivity index (χ0v) is 9.36. The summed E-state index contributed by atoms with van der Waals surface area (Å²) in [5.41, 5.74) is 5.33. The molecule has 0 spiro atoms. The molecule has 3 N–H and O–H groups in total. The van der Waals surface area contributed by atoms with E-state index in [-0.39, 0.29) is 24.8 Å². The van der Waals surface area contributed by atoms with Gasteiger partial charge in [0.25, 0.3) is 0 Å². The third-order valence-electron chi connectivity index (χ3n) is 1.50. The molecule has 7 nitrogen and oxygen atoms in total. The van der Waals surface area contributed by atoms with Crippen molar-refractivity contribution in [1.29, 1.82) is 5.26 Å². The van der Waals surface area contributed by atoms with Crippen LogP contribution in [0.4, 0.5) is 5.95 Å². The number of halogens is 1. The second kappa shape index (κ2) is 5.31. The summed E-state index contributed by atoms with van der Waals surface area (Å²) in [5, 5.41) is 14.6. The van der Waals surface area contributed by atoms with Crippen molar-refractivity contribution in [2.45, 2.75) is 13.0 Å². The molecule has 0 saturated heterocycles. The van der Waals surface area contributed by atoms with E-state index in [0.717, 1.165) is 0 Å². The van der Waals surface area contributed by atoms with Crippen LogP contribution in [0.2, 0.25) is 0 Å². The SMILES string of the molecule is N#CCCNC(=O)Cn1nc(N)nc1Br. The molecule has 0 aliphatic heterocycles. The number of anilines is 1. The Labute approximate surface area is 94.4 Å². The van der Waals surface area contributed by atoms with Gasteiger partial charge in [-0.05, 0) is 15.9 Å². The third kappa shape index (κ3) is 3.55. The summed E-state index contributed by atoms with van der Waals surface area (Å²) in [6.45, 7) is 0.355. The van der Waals surface area contributed by atoms with Crippen LogP contribution < -0.4 is 11.1 Å². The van der Waals surface area contributed by atoms with Gasteiger partial charge in [0, 0.05) is 6.54 Å². The van der Waals surface area contributed by atoms with Crippen LogP contribution in [0.25, 0.3) is 0 Å². The second-order valence-electron chi connectivity index (χ2n) is 2.65. The molecule has 1 aromatic rings. The van der Waals surface area contributed by atoms with Gasteiger partial charge >= 0.3 is 0 Å². The van der Waals surface area contributed by atoms with E-state index in [2.05, 4.69) is 31.3 Å². The van der Waals surface area contributed by atoms with E-state index in [1.807, 2.05) is 6.07 Å². The van der Waals surface area contributed by atoms with Gasteiger partial charge in [-0.1, -0.05) is 0 Å². The van der Waals surface area contributed by atoms with Crippen LogP contribution in [0, 0.1) is 11.3 Å². The summed E-state index contributed by atoms with van der Waals surface area (Å²) >= 11 is 3.10. The van der Waals surface area contributed by atoms with Gasteiger partial charge in [-0.15, -0.1) is 5.10 Å². The molecule has 0 aromatic carbocycles. The predicted molar refractivity (Wildman–Crippen MR) is 55.4 cm³/mol. The number of aromatic nitrogens is 3. The number of carbonyl (C=O) groups excluding carboxylic acids is 1. The van der Waals surface area contributed by atoms with Crippen molar-refractivity contribution in [1.82, 2.24) is 20.1 Å². The fourth-order valence-corrected chi connectivity index (χ4v) is 1.28. The number of rotatable bonds is 4. The maximum Gasteiger partial charge on any atom is 0.241 e. The van der Waals surface area contributed by atoms with Gasteiger partial charge in [-0.3, -0.25) is 4.79 Å². The Balaban J connectivity index is 2.45. The number of carbonyl (C=O) groups is 1. The molecule has 0 unspecified atom stereocenters. The van der Waals surface area contributed by atoms with Gasteiger partial charge in [-0.2, -0.15) is 10.2 Å². The molecule has 1 aromatic heterocycles. The first-order valence-corrected chi connectivity index (χ1v) is 4.92. The van der Waals surface area contributed by atoms with Crippen molar-refractivity contribution < 1.29 is 4.79 Å². The van der Waals surface area contributed by atoms with Gasteiger partial charge in [0.2, 0.25) is 11.9 Å². The molecule has 0 aliphatic rings. The first-order valence-electron chi connectivity index (χ1n) is 4.13. The lowest BCUT2D eigenvalue weighted by atomic mass is 10.4. The van der Waals surface area contributed by atoms with E-state index < -0.39 is 0 Å². The number of nitrogens with zero attached hydrogens (tertiary/aromatic N) is 4. The fourth-order valence-electron chi connectivity index (χ4n) is 0.890. The molecule has 1 heterocycles. The highest BCUT2D eigenvalue weighted by Gasteiger charge is 2.08. The van der Waals surface area contributed by atoms with E-state index in [0.29, 0.717) is 11.3 Å². The lowest BCUT2D eigenvalue weighted by Gasteiger charge is -2.02. The molecule has 1 rings (SSSR count). The number of hydrogen-bond donors (Lipinski definition) is 2. The van der Waals surface area contributed by atoms with Crippen LogP contribution in [-0.2, 0) is 11.3 Å². The van der Waals surface area contributed by atoms with Crippen LogP contribution in [-0.4, -0.2) is 27.2 Å². The zero-order chi connectivity index (χ0) is 11.3. The number of nitriles is 1. The molecule has 0 aliphatic carbocycles. The first-order chi connectivity index (χ1) is 7.13. The van der Waals surface area contributed by atoms with Crippen molar-refractivity contribution in [3.8, 4) is 6.07 Å². The number of nitrogens with one attached hydrogen (secondary N) is 1. The Morgan fingerprint density at radius 3 is 3.00 bits per heavy atom. The van der Waals surface area contributed by atoms with Gasteiger partial charge < -0.3 is 11.1 Å². The van der Waals surface area contributed by atoms with E-state index in [9.17, 15) is 4.79 Å². The Kier molecular flexibility index (Phi) is 4.05. The van der Waals surface area contributed by atoms with Crippen molar-refractivity contribution in [3.05, 3.63) is 4.73 Å². The fraction of sp³-hybridized carbons (Fsp3) is 0.429. The van der Waals surface area contributed by atoms with Gasteiger partial charge in [0.05, 0.1) is 12.5 Å². The number of amides is 1. The Morgan fingerprint density at radius 2 is 2.47 bits per heavy atom. The van der Waals surface area contributed by atoms with Crippen LogP contribution in [0.5, 0.6) is 0 Å². The van der Waals surface area contributed by atoms with Crippen LogP contribution >= 0.6 is 15.9 Å². The molecule has 0 saturated carbocycles. The van der Waals surface area contributed by atoms with Crippen LogP contribution in [0.1, 0.15) is 6.42 Å². The second-order valence-corrected chi connectivity index (χ2v) is 3.36. The molecule has 0 atom stereocenters. The minimum absolute atomic E-state index is 0.0240. The van der Waals surface area contributed by atoms with Crippen molar-refractivity contribution in [3.63, 3.8) is 0 Å². The highest BCUT2D eigenvalue weighted by molar-refractivity contribution is 9.10. The Morgan fingerprint density at radius 1 is 1.73 bits per heavy atom. The minimum atomic E-state index is -0.240. The molecular weight excluding hydrogens is 264 g/mol. The molecule has 80 valence electrons. The number of hydrogen-bond acceptors (Lipinski definition) is 5. The quantitative estimate of drug-likeness (QED) is 0.729. The molecule has 1 amide bonds. The van der Waals surface area contributed by atoms with E-state index >= 15 is 0 Å². The van der Waals surface area contributed by atoms with E-state index in [1.165, 1.54) is 4.68 Å². The molecular formula is C7H9BrN6O. The van der Waals surface area contributed by atoms with Crippen molar-refractivity contribution in [2.24, 2.45) is 0 Å². The summed E-state index contributed by atoms with van der Waals surface area (Å²) in [4.78, 5) is 15.1. The highest BCUT2D eigenvalue weighted by Crippen LogP contribution is 2.06. The van der Waals surface area contributed by atoms with E-state index in [4.69, 9.17) is 11.0 Å². The smallest absolute Gasteiger partial charge is 0.241 e. The number of nitrogens with two attached hydrogens (primary N) is 1. The Hall–Kier alpha value is -1.62. The van der Waals surface area contributed by atoms with Gasteiger partial charge in [0.15, 0.2) is 4.73 Å².